The van der Waals surface area contributed by atoms with Gasteiger partial charge in [-0.15, -0.1) is 0 Å². The zero-order valence-corrected chi connectivity index (χ0v) is 14.3. The van der Waals surface area contributed by atoms with Crippen LogP contribution in [-0.2, 0) is 6.18 Å². The van der Waals surface area contributed by atoms with E-state index < -0.39 is 38.6 Å². The molecule has 0 heterocycles. The first-order valence-electron chi connectivity index (χ1n) is 6.66. The molecular weight excluding hydrogens is 402 g/mol. The highest BCUT2D eigenvalue weighted by Crippen LogP contribution is 2.47. The normalized spacial score (nSPS) is 11.3. The van der Waals surface area contributed by atoms with Crippen LogP contribution in [0.2, 0.25) is 10.0 Å². The fourth-order valence-corrected chi connectivity index (χ4v) is 2.83. The predicted octanol–water partition coefficient (Wildman–Crippen LogP) is 5.60. The Morgan fingerprint density at radius 3 is 2.12 bits per heavy atom. The van der Waals surface area contributed by atoms with Crippen LogP contribution in [0.15, 0.2) is 30.3 Å². The van der Waals surface area contributed by atoms with Gasteiger partial charge in [-0.1, -0.05) is 23.2 Å². The molecule has 0 bridgehead atoms. The number of nitro groups is 2. The van der Waals surface area contributed by atoms with Crippen molar-refractivity contribution in [2.45, 2.75) is 6.18 Å². The first-order valence-corrected chi connectivity index (χ1v) is 7.42. The molecule has 0 saturated heterocycles. The molecule has 0 saturated carbocycles. The molecule has 26 heavy (non-hydrogen) atoms. The Bertz CT molecular complexity index is 906. The van der Waals surface area contributed by atoms with Crippen molar-refractivity contribution in [1.29, 1.82) is 0 Å². The summed E-state index contributed by atoms with van der Waals surface area (Å²) < 4.78 is 40.3. The second kappa shape index (κ2) is 6.96. The highest BCUT2D eigenvalue weighted by Gasteiger charge is 2.41. The maximum Gasteiger partial charge on any atom is 0.418 e. The molecule has 0 aliphatic rings. The summed E-state index contributed by atoms with van der Waals surface area (Å²) in [6.45, 7) is 0. The van der Waals surface area contributed by atoms with Gasteiger partial charge in [-0.2, -0.15) is 13.2 Å². The summed E-state index contributed by atoms with van der Waals surface area (Å²) in [5.41, 5.74) is -4.55. The van der Waals surface area contributed by atoms with Crippen LogP contribution in [0.1, 0.15) is 5.56 Å². The molecule has 0 aromatic heterocycles. The third-order valence-corrected chi connectivity index (χ3v) is 3.93. The molecule has 12 heteroatoms. The van der Waals surface area contributed by atoms with Crippen LogP contribution in [0, 0.1) is 20.2 Å². The van der Waals surface area contributed by atoms with Crippen molar-refractivity contribution in [1.82, 2.24) is 0 Å². The smallest absolute Gasteiger partial charge is 0.337 e. The quantitative estimate of drug-likeness (QED) is 0.484. The molecule has 2 aromatic rings. The van der Waals surface area contributed by atoms with Gasteiger partial charge < -0.3 is 4.90 Å². The number of anilines is 2. The lowest BCUT2D eigenvalue weighted by Crippen LogP contribution is -2.19. The highest BCUT2D eigenvalue weighted by molar-refractivity contribution is 6.36. The SMILES string of the molecule is CN(c1ccc(Cl)cc1Cl)c1c([N+](=O)[O-])cc([N+](=O)[O-])cc1C(F)(F)F. The molecule has 2 rings (SSSR count). The van der Waals surface area contributed by atoms with Crippen LogP contribution < -0.4 is 4.90 Å². The number of halogens is 5. The molecule has 0 radical (unpaired) electrons. The highest BCUT2D eigenvalue weighted by atomic mass is 35.5. The molecule has 0 unspecified atom stereocenters. The number of rotatable bonds is 4. The van der Waals surface area contributed by atoms with Gasteiger partial charge in [0.1, 0.15) is 5.69 Å². The van der Waals surface area contributed by atoms with E-state index in [4.69, 9.17) is 23.2 Å². The third-order valence-electron chi connectivity index (χ3n) is 3.39. The minimum atomic E-state index is -5.08. The van der Waals surface area contributed by atoms with Crippen molar-refractivity contribution >= 4 is 46.0 Å². The van der Waals surface area contributed by atoms with Crippen molar-refractivity contribution in [3.63, 3.8) is 0 Å². The molecule has 2 aromatic carbocycles. The summed E-state index contributed by atoms with van der Waals surface area (Å²) in [4.78, 5) is 20.7. The first kappa shape index (κ1) is 19.7. The van der Waals surface area contributed by atoms with E-state index in [1.165, 1.54) is 18.2 Å². The molecule has 0 N–H and O–H groups in total. The van der Waals surface area contributed by atoms with Gasteiger partial charge >= 0.3 is 6.18 Å². The second-order valence-electron chi connectivity index (χ2n) is 5.03. The summed E-state index contributed by atoms with van der Waals surface area (Å²) >= 11 is 11.7. The minimum Gasteiger partial charge on any atom is -0.337 e. The minimum absolute atomic E-state index is 0.00137. The lowest BCUT2D eigenvalue weighted by molar-refractivity contribution is -0.394. The van der Waals surface area contributed by atoms with Crippen molar-refractivity contribution < 1.29 is 23.0 Å². The van der Waals surface area contributed by atoms with E-state index in [0.29, 0.717) is 6.07 Å². The van der Waals surface area contributed by atoms with Crippen molar-refractivity contribution in [3.05, 3.63) is 66.2 Å². The van der Waals surface area contributed by atoms with Crippen molar-refractivity contribution in [2.24, 2.45) is 0 Å². The Balaban J connectivity index is 2.84. The lowest BCUT2D eigenvalue weighted by atomic mass is 10.1. The van der Waals surface area contributed by atoms with Crippen molar-refractivity contribution in [2.75, 3.05) is 11.9 Å². The molecule has 0 aliphatic carbocycles. The third kappa shape index (κ3) is 3.81. The molecular formula is C14H8Cl2F3N3O4. The van der Waals surface area contributed by atoms with E-state index >= 15 is 0 Å². The van der Waals surface area contributed by atoms with Crippen LogP contribution in [0.3, 0.4) is 0 Å². The Morgan fingerprint density at radius 2 is 1.65 bits per heavy atom. The van der Waals surface area contributed by atoms with Crippen LogP contribution in [-0.4, -0.2) is 16.9 Å². The molecule has 0 spiro atoms. The van der Waals surface area contributed by atoms with E-state index in [0.717, 1.165) is 11.9 Å². The number of hydrogen-bond acceptors (Lipinski definition) is 5. The molecule has 0 amide bonds. The second-order valence-corrected chi connectivity index (χ2v) is 5.87. The zero-order valence-electron chi connectivity index (χ0n) is 12.8. The van der Waals surface area contributed by atoms with Gasteiger partial charge in [-0.05, 0) is 18.2 Å². The lowest BCUT2D eigenvalue weighted by Gasteiger charge is -2.24. The zero-order chi connectivity index (χ0) is 19.8. The van der Waals surface area contributed by atoms with Crippen LogP contribution in [0.25, 0.3) is 0 Å². The Labute approximate surface area is 153 Å². The number of benzene rings is 2. The van der Waals surface area contributed by atoms with Gasteiger partial charge in [0.2, 0.25) is 0 Å². The average molecular weight is 410 g/mol. The Morgan fingerprint density at radius 1 is 1.04 bits per heavy atom. The number of hydrogen-bond donors (Lipinski definition) is 0. The Kier molecular flexibility index (Phi) is 5.28. The predicted molar refractivity (Wildman–Crippen MR) is 89.3 cm³/mol. The number of nitrogens with zero attached hydrogens (tertiary/aromatic N) is 3. The van der Waals surface area contributed by atoms with E-state index in [1.807, 2.05) is 0 Å². The first-order chi connectivity index (χ1) is 11.9. The monoisotopic (exact) mass is 409 g/mol. The summed E-state index contributed by atoms with van der Waals surface area (Å²) in [7, 11) is 1.12. The fourth-order valence-electron chi connectivity index (χ4n) is 2.29. The molecule has 138 valence electrons. The maximum absolute atomic E-state index is 13.4. The van der Waals surface area contributed by atoms with Gasteiger partial charge in [-0.3, -0.25) is 20.2 Å². The van der Waals surface area contributed by atoms with Gasteiger partial charge in [0.25, 0.3) is 11.4 Å². The van der Waals surface area contributed by atoms with E-state index in [1.54, 1.807) is 0 Å². The summed E-state index contributed by atoms with van der Waals surface area (Å²) in [6.07, 6.45) is -5.08. The fraction of sp³-hybridized carbons (Fsp3) is 0.143. The van der Waals surface area contributed by atoms with Gasteiger partial charge in [-0.25, -0.2) is 0 Å². The summed E-state index contributed by atoms with van der Waals surface area (Å²) in [5.74, 6) is 0. The average Bonchev–Trinajstić information content (AvgIpc) is 2.52. The van der Waals surface area contributed by atoms with E-state index in [-0.39, 0.29) is 21.8 Å². The summed E-state index contributed by atoms with van der Waals surface area (Å²) in [6, 6.07) is 4.56. The van der Waals surface area contributed by atoms with E-state index in [9.17, 15) is 33.4 Å². The molecule has 7 nitrogen and oxygen atoms in total. The van der Waals surface area contributed by atoms with E-state index in [2.05, 4.69) is 0 Å². The van der Waals surface area contributed by atoms with Gasteiger partial charge in [0.05, 0.1) is 32.2 Å². The molecule has 0 atom stereocenters. The number of non-ortho nitro benzene ring substituents is 1. The van der Waals surface area contributed by atoms with Crippen LogP contribution in [0.5, 0.6) is 0 Å². The van der Waals surface area contributed by atoms with Crippen LogP contribution in [0.4, 0.5) is 35.9 Å². The maximum atomic E-state index is 13.4. The molecule has 0 fully saturated rings. The standard InChI is InChI=1S/C14H8Cl2F3N3O4/c1-20(11-3-2-7(15)4-10(11)16)13-9(14(17,18)19)5-8(21(23)24)6-12(13)22(25)26/h2-6H,1H3. The summed E-state index contributed by atoms with van der Waals surface area (Å²) in [5, 5.41) is 22.3. The number of nitro benzene ring substituents is 2. The van der Waals surface area contributed by atoms with Crippen LogP contribution >= 0.6 is 23.2 Å². The van der Waals surface area contributed by atoms with Crippen molar-refractivity contribution in [3.8, 4) is 0 Å². The van der Waals surface area contributed by atoms with Gasteiger partial charge in [0, 0.05) is 18.1 Å². The van der Waals surface area contributed by atoms with Gasteiger partial charge in [0.15, 0.2) is 0 Å². The molecule has 0 aliphatic heterocycles. The topological polar surface area (TPSA) is 89.5 Å². The number of alkyl halides is 3. The Hall–Kier alpha value is -2.59. The largest absolute Gasteiger partial charge is 0.418 e.